The van der Waals surface area contributed by atoms with Crippen molar-refractivity contribution in [2.45, 2.75) is 6.42 Å². The summed E-state index contributed by atoms with van der Waals surface area (Å²) in [6, 6.07) is 7.63. The van der Waals surface area contributed by atoms with E-state index in [1.54, 1.807) is 7.11 Å². The number of aliphatic imine (C=N–C) groups is 1. The normalized spacial score (nSPS) is 18.0. The minimum absolute atomic E-state index is 0.456. The van der Waals surface area contributed by atoms with Crippen molar-refractivity contribution in [1.82, 2.24) is 9.80 Å². The van der Waals surface area contributed by atoms with Crippen molar-refractivity contribution in [3.63, 3.8) is 0 Å². The van der Waals surface area contributed by atoms with Gasteiger partial charge in [0.05, 0.1) is 13.7 Å². The maximum absolute atomic E-state index is 5.93. The van der Waals surface area contributed by atoms with Gasteiger partial charge >= 0.3 is 0 Å². The second kappa shape index (κ2) is 8.60. The third-order valence-corrected chi connectivity index (χ3v) is 3.87. The molecule has 1 aromatic rings. The Bertz CT molecular complexity index is 474. The number of benzene rings is 1. The highest BCUT2D eigenvalue weighted by atomic mass is 16.5. The molecule has 0 spiro atoms. The molecule has 0 bridgehead atoms. The van der Waals surface area contributed by atoms with Crippen LogP contribution in [0.4, 0.5) is 5.69 Å². The lowest BCUT2D eigenvalue weighted by Gasteiger charge is -2.18. The van der Waals surface area contributed by atoms with Crippen LogP contribution < -0.4 is 15.8 Å². The molecule has 6 nitrogen and oxygen atoms in total. The summed E-state index contributed by atoms with van der Waals surface area (Å²) < 4.78 is 5.13. The van der Waals surface area contributed by atoms with Crippen molar-refractivity contribution < 1.29 is 4.74 Å². The number of guanidine groups is 1. The smallest absolute Gasteiger partial charge is 0.193 e. The molecule has 1 fully saturated rings. The van der Waals surface area contributed by atoms with Crippen molar-refractivity contribution in [2.75, 3.05) is 58.7 Å². The van der Waals surface area contributed by atoms with Crippen molar-refractivity contribution in [3.05, 3.63) is 24.3 Å². The van der Waals surface area contributed by atoms with Crippen LogP contribution in [0.15, 0.2) is 29.3 Å². The van der Waals surface area contributed by atoms with Gasteiger partial charge in [0.15, 0.2) is 5.96 Å². The van der Waals surface area contributed by atoms with Gasteiger partial charge in [-0.1, -0.05) is 0 Å². The summed E-state index contributed by atoms with van der Waals surface area (Å²) in [5.74, 6) is 1.28. The van der Waals surface area contributed by atoms with Crippen LogP contribution in [0.2, 0.25) is 0 Å². The Morgan fingerprint density at radius 3 is 2.73 bits per heavy atom. The molecule has 1 aromatic carbocycles. The molecule has 0 amide bonds. The molecule has 2 rings (SSSR count). The zero-order valence-corrected chi connectivity index (χ0v) is 13.6. The van der Waals surface area contributed by atoms with Gasteiger partial charge in [0.1, 0.15) is 5.75 Å². The number of nitrogens with zero attached hydrogens (tertiary/aromatic N) is 3. The number of nitrogens with two attached hydrogens (primary N) is 1. The first-order chi connectivity index (χ1) is 10.7. The molecule has 3 N–H and O–H groups in total. The van der Waals surface area contributed by atoms with E-state index in [2.05, 4.69) is 27.2 Å². The van der Waals surface area contributed by atoms with E-state index in [4.69, 9.17) is 10.5 Å². The summed E-state index contributed by atoms with van der Waals surface area (Å²) in [7, 11) is 3.83. The predicted molar refractivity (Wildman–Crippen MR) is 91.7 cm³/mol. The summed E-state index contributed by atoms with van der Waals surface area (Å²) >= 11 is 0. The van der Waals surface area contributed by atoms with E-state index in [9.17, 15) is 0 Å². The van der Waals surface area contributed by atoms with E-state index in [0.717, 1.165) is 44.2 Å². The molecule has 6 heteroatoms. The molecular weight excluding hydrogens is 278 g/mol. The summed E-state index contributed by atoms with van der Waals surface area (Å²) in [4.78, 5) is 9.23. The van der Waals surface area contributed by atoms with Crippen molar-refractivity contribution in [3.8, 4) is 5.75 Å². The average molecular weight is 305 g/mol. The van der Waals surface area contributed by atoms with Crippen LogP contribution in [0, 0.1) is 0 Å². The molecule has 0 aromatic heterocycles. The van der Waals surface area contributed by atoms with E-state index in [1.807, 2.05) is 24.3 Å². The molecule has 1 heterocycles. The number of hydrogen-bond donors (Lipinski definition) is 2. The Labute approximate surface area is 132 Å². The second-order valence-corrected chi connectivity index (χ2v) is 5.62. The number of nitrogens with one attached hydrogen (secondary N) is 1. The summed E-state index contributed by atoms with van der Waals surface area (Å²) in [6.45, 7) is 6.24. The van der Waals surface area contributed by atoms with Gasteiger partial charge in [-0.25, -0.2) is 0 Å². The minimum Gasteiger partial charge on any atom is -0.497 e. The van der Waals surface area contributed by atoms with E-state index in [0.29, 0.717) is 5.96 Å². The summed E-state index contributed by atoms with van der Waals surface area (Å²) in [6.07, 6.45) is 1.22. The molecule has 22 heavy (non-hydrogen) atoms. The Morgan fingerprint density at radius 1 is 1.23 bits per heavy atom. The lowest BCUT2D eigenvalue weighted by atomic mass is 10.3. The zero-order chi connectivity index (χ0) is 15.8. The van der Waals surface area contributed by atoms with Gasteiger partial charge in [0, 0.05) is 25.3 Å². The van der Waals surface area contributed by atoms with Crippen LogP contribution in [-0.4, -0.2) is 69.2 Å². The largest absolute Gasteiger partial charge is 0.497 e. The lowest BCUT2D eigenvalue weighted by Crippen LogP contribution is -2.32. The molecule has 1 saturated heterocycles. The van der Waals surface area contributed by atoms with E-state index in [-0.39, 0.29) is 0 Å². The number of hydrogen-bond acceptors (Lipinski definition) is 4. The fourth-order valence-corrected chi connectivity index (χ4v) is 2.50. The Hall–Kier alpha value is -1.79. The number of anilines is 1. The van der Waals surface area contributed by atoms with Crippen molar-refractivity contribution in [1.29, 1.82) is 0 Å². The number of rotatable bonds is 5. The standard InChI is InChI=1S/C16H27N5O/c1-20-9-3-10-21(13-12-20)11-8-18-16(17)19-14-4-6-15(22-2)7-5-14/h4-7H,3,8-13H2,1-2H3,(H3,17,18,19). The molecular formula is C16H27N5O. The minimum atomic E-state index is 0.456. The van der Waals surface area contributed by atoms with Crippen LogP contribution in [0.1, 0.15) is 6.42 Å². The van der Waals surface area contributed by atoms with Gasteiger partial charge in [-0.15, -0.1) is 0 Å². The topological polar surface area (TPSA) is 66.1 Å². The van der Waals surface area contributed by atoms with Crippen LogP contribution in [0.5, 0.6) is 5.75 Å². The van der Waals surface area contributed by atoms with Crippen LogP contribution >= 0.6 is 0 Å². The van der Waals surface area contributed by atoms with Crippen LogP contribution in [0.25, 0.3) is 0 Å². The maximum atomic E-state index is 5.93. The SMILES string of the molecule is COc1ccc(NC(N)=NCCN2CCCN(C)CC2)cc1. The fraction of sp³-hybridized carbons (Fsp3) is 0.562. The highest BCUT2D eigenvalue weighted by Gasteiger charge is 2.10. The highest BCUT2D eigenvalue weighted by Crippen LogP contribution is 2.14. The van der Waals surface area contributed by atoms with E-state index < -0.39 is 0 Å². The first kappa shape index (κ1) is 16.6. The van der Waals surface area contributed by atoms with Gasteiger partial charge in [-0.05, 0) is 50.8 Å². The Balaban J connectivity index is 1.74. The Kier molecular flexibility index (Phi) is 6.48. The maximum Gasteiger partial charge on any atom is 0.193 e. The molecule has 0 aliphatic carbocycles. The van der Waals surface area contributed by atoms with Crippen LogP contribution in [-0.2, 0) is 0 Å². The molecule has 0 saturated carbocycles. The molecule has 1 aliphatic heterocycles. The van der Waals surface area contributed by atoms with Gasteiger partial charge in [-0.3, -0.25) is 4.99 Å². The first-order valence-corrected chi connectivity index (χ1v) is 7.79. The van der Waals surface area contributed by atoms with E-state index >= 15 is 0 Å². The van der Waals surface area contributed by atoms with Crippen LogP contribution in [0.3, 0.4) is 0 Å². The molecule has 0 radical (unpaired) electrons. The Morgan fingerprint density at radius 2 is 2.00 bits per heavy atom. The van der Waals surface area contributed by atoms with Gasteiger partial charge in [0.25, 0.3) is 0 Å². The van der Waals surface area contributed by atoms with E-state index in [1.165, 1.54) is 13.0 Å². The van der Waals surface area contributed by atoms with Gasteiger partial charge < -0.3 is 25.6 Å². The fourth-order valence-electron chi connectivity index (χ4n) is 2.50. The highest BCUT2D eigenvalue weighted by molar-refractivity contribution is 5.92. The predicted octanol–water partition coefficient (Wildman–Crippen LogP) is 1.06. The second-order valence-electron chi connectivity index (χ2n) is 5.62. The quantitative estimate of drug-likeness (QED) is 0.629. The first-order valence-electron chi connectivity index (χ1n) is 7.79. The molecule has 122 valence electrons. The number of likely N-dealkylation sites (N-methyl/N-ethyl adjacent to an activating group) is 1. The van der Waals surface area contributed by atoms with Crippen molar-refractivity contribution >= 4 is 11.6 Å². The average Bonchev–Trinajstić information content (AvgIpc) is 2.73. The van der Waals surface area contributed by atoms with Gasteiger partial charge in [-0.2, -0.15) is 0 Å². The van der Waals surface area contributed by atoms with Gasteiger partial charge in [0.2, 0.25) is 0 Å². The monoisotopic (exact) mass is 305 g/mol. The summed E-state index contributed by atoms with van der Waals surface area (Å²) in [5.41, 5.74) is 6.84. The lowest BCUT2D eigenvalue weighted by molar-refractivity contribution is 0.283. The molecule has 0 unspecified atom stereocenters. The zero-order valence-electron chi connectivity index (χ0n) is 13.6. The molecule has 0 atom stereocenters. The third-order valence-electron chi connectivity index (χ3n) is 3.87. The third kappa shape index (κ3) is 5.54. The number of methoxy groups -OCH3 is 1. The molecule has 1 aliphatic rings. The van der Waals surface area contributed by atoms with Crippen molar-refractivity contribution in [2.24, 2.45) is 10.7 Å². The number of ether oxygens (including phenoxy) is 1. The summed E-state index contributed by atoms with van der Waals surface area (Å²) in [5, 5.41) is 3.10.